The Morgan fingerprint density at radius 1 is 1.25 bits per heavy atom. The molecule has 0 spiro atoms. The van der Waals surface area contributed by atoms with E-state index in [0.717, 1.165) is 17.5 Å². The fourth-order valence-electron chi connectivity index (χ4n) is 3.45. The molecule has 0 aromatic heterocycles. The van der Waals surface area contributed by atoms with E-state index in [0.29, 0.717) is 18.6 Å². The second-order valence-electron chi connectivity index (χ2n) is 6.54. The minimum atomic E-state index is -3.84. The number of hydrogen-bond donors (Lipinski definition) is 1. The number of carboxylic acid groups (broad SMARTS) is 1. The van der Waals surface area contributed by atoms with E-state index >= 15 is 0 Å². The van der Waals surface area contributed by atoms with Crippen molar-refractivity contribution in [3.05, 3.63) is 57.6 Å². The van der Waals surface area contributed by atoms with Gasteiger partial charge in [0.15, 0.2) is 6.61 Å². The minimum Gasteiger partial charge on any atom is -0.482 e. The fourth-order valence-corrected chi connectivity index (χ4v) is 5.55. The molecular weight excluding hydrogens is 425 g/mol. The van der Waals surface area contributed by atoms with E-state index < -0.39 is 28.6 Å². The average Bonchev–Trinajstić information content (AvgIpc) is 2.64. The van der Waals surface area contributed by atoms with Crippen LogP contribution in [0.25, 0.3) is 0 Å². The van der Waals surface area contributed by atoms with Gasteiger partial charge < -0.3 is 9.84 Å². The average molecular weight is 444 g/mol. The zero-order valence-electron chi connectivity index (χ0n) is 15.1. The van der Waals surface area contributed by atoms with Crippen molar-refractivity contribution in [1.82, 2.24) is 4.31 Å². The summed E-state index contributed by atoms with van der Waals surface area (Å²) in [5.41, 5.74) is 1.65. The molecule has 0 bridgehead atoms. The summed E-state index contributed by atoms with van der Waals surface area (Å²) < 4.78 is 33.0. The van der Waals surface area contributed by atoms with E-state index in [2.05, 4.69) is 0 Å². The van der Waals surface area contributed by atoms with Crippen LogP contribution in [0.5, 0.6) is 5.75 Å². The van der Waals surface area contributed by atoms with Crippen LogP contribution in [0.1, 0.15) is 30.0 Å². The molecule has 0 amide bonds. The molecule has 1 unspecified atom stereocenters. The van der Waals surface area contributed by atoms with Gasteiger partial charge in [0, 0.05) is 17.1 Å². The molecular formula is C19H19Cl2NO5S. The number of sulfonamides is 1. The maximum Gasteiger partial charge on any atom is 0.341 e. The van der Waals surface area contributed by atoms with Crippen molar-refractivity contribution < 1.29 is 23.1 Å². The normalized spacial score (nSPS) is 16.6. The zero-order chi connectivity index (χ0) is 20.5. The number of fused-ring (bicyclic) bond motifs is 1. The third-order valence-electron chi connectivity index (χ3n) is 4.74. The van der Waals surface area contributed by atoms with Gasteiger partial charge in [-0.3, -0.25) is 0 Å². The molecule has 2 aromatic rings. The maximum atomic E-state index is 13.1. The van der Waals surface area contributed by atoms with Crippen LogP contribution >= 0.6 is 23.2 Å². The number of nitrogens with zero attached hydrogens (tertiary/aromatic N) is 1. The van der Waals surface area contributed by atoms with Gasteiger partial charge in [-0.25, -0.2) is 13.2 Å². The molecule has 28 heavy (non-hydrogen) atoms. The number of carbonyl (C=O) groups is 1. The van der Waals surface area contributed by atoms with Gasteiger partial charge in [-0.2, -0.15) is 4.31 Å². The highest BCUT2D eigenvalue weighted by Crippen LogP contribution is 2.40. The van der Waals surface area contributed by atoms with Crippen LogP contribution in [-0.4, -0.2) is 37.5 Å². The molecule has 150 valence electrons. The summed E-state index contributed by atoms with van der Waals surface area (Å²) in [5.74, 6) is -0.594. The quantitative estimate of drug-likeness (QED) is 0.724. The fraction of sp³-hybridized carbons (Fsp3) is 0.316. The molecule has 9 heteroatoms. The molecule has 0 saturated heterocycles. The molecule has 3 rings (SSSR count). The summed E-state index contributed by atoms with van der Waals surface area (Å²) in [7, 11) is -2.31. The van der Waals surface area contributed by atoms with Crippen molar-refractivity contribution in [2.75, 3.05) is 13.7 Å². The molecule has 0 saturated carbocycles. The number of benzene rings is 2. The van der Waals surface area contributed by atoms with Gasteiger partial charge in [0.05, 0.1) is 10.9 Å². The highest BCUT2D eigenvalue weighted by Gasteiger charge is 2.33. The largest absolute Gasteiger partial charge is 0.482 e. The summed E-state index contributed by atoms with van der Waals surface area (Å²) in [6, 6.07) is 9.11. The maximum absolute atomic E-state index is 13.1. The Morgan fingerprint density at radius 3 is 2.57 bits per heavy atom. The number of halogens is 2. The second-order valence-corrected chi connectivity index (χ2v) is 9.41. The van der Waals surface area contributed by atoms with Crippen molar-refractivity contribution >= 4 is 39.2 Å². The number of ether oxygens (including phenoxy) is 1. The Labute approximate surface area is 173 Å². The summed E-state index contributed by atoms with van der Waals surface area (Å²) in [5, 5.41) is 9.35. The molecule has 2 aromatic carbocycles. The highest BCUT2D eigenvalue weighted by atomic mass is 35.5. The van der Waals surface area contributed by atoms with Crippen LogP contribution in [0.2, 0.25) is 10.0 Å². The lowest BCUT2D eigenvalue weighted by Crippen LogP contribution is -2.33. The van der Waals surface area contributed by atoms with E-state index in [1.165, 1.54) is 29.6 Å². The first-order valence-corrected chi connectivity index (χ1v) is 10.8. The Balaban J connectivity index is 1.97. The molecule has 1 atom stereocenters. The molecule has 0 heterocycles. The van der Waals surface area contributed by atoms with Crippen LogP contribution in [0.15, 0.2) is 41.3 Å². The van der Waals surface area contributed by atoms with Gasteiger partial charge in [-0.15, -0.1) is 0 Å². The van der Waals surface area contributed by atoms with E-state index in [-0.39, 0.29) is 14.9 Å². The number of hydrogen-bond acceptors (Lipinski definition) is 4. The predicted octanol–water partition coefficient (Wildman–Crippen LogP) is 4.15. The van der Waals surface area contributed by atoms with E-state index in [4.69, 9.17) is 33.0 Å². The summed E-state index contributed by atoms with van der Waals surface area (Å²) in [6.07, 6.45) is 2.08. The van der Waals surface area contributed by atoms with E-state index in [1.807, 2.05) is 6.07 Å². The number of carboxylic acids is 1. The lowest BCUT2D eigenvalue weighted by Gasteiger charge is -2.33. The standard InChI is InChI=1S/C19H19Cl2NO5S/c1-22(28(25,26)14-9-12(20)8-13(21)10-14)17-6-2-5-16-15(17)4-3-7-18(16)27-11-19(23)24/h3-4,7-10,17H,2,5-6,11H2,1H3,(H,23,24). The summed E-state index contributed by atoms with van der Waals surface area (Å²) in [6.45, 7) is -0.448. The summed E-state index contributed by atoms with van der Waals surface area (Å²) >= 11 is 12.0. The molecule has 1 aliphatic rings. The van der Waals surface area contributed by atoms with Gasteiger partial charge in [0.25, 0.3) is 0 Å². The number of rotatable bonds is 6. The van der Waals surface area contributed by atoms with Gasteiger partial charge in [-0.1, -0.05) is 35.3 Å². The van der Waals surface area contributed by atoms with Gasteiger partial charge in [0.1, 0.15) is 5.75 Å². The second kappa shape index (κ2) is 8.29. The third-order valence-corrected chi connectivity index (χ3v) is 7.02. The van der Waals surface area contributed by atoms with E-state index in [1.54, 1.807) is 12.1 Å². The first-order chi connectivity index (χ1) is 13.2. The van der Waals surface area contributed by atoms with Crippen LogP contribution in [-0.2, 0) is 21.2 Å². The van der Waals surface area contributed by atoms with Crippen molar-refractivity contribution in [2.45, 2.75) is 30.2 Å². The van der Waals surface area contributed by atoms with Gasteiger partial charge in [-0.05, 0) is 54.7 Å². The molecule has 6 nitrogen and oxygen atoms in total. The Hall–Kier alpha value is -1.80. The lowest BCUT2D eigenvalue weighted by atomic mass is 9.87. The van der Waals surface area contributed by atoms with Gasteiger partial charge >= 0.3 is 5.97 Å². The van der Waals surface area contributed by atoms with Crippen molar-refractivity contribution in [1.29, 1.82) is 0 Å². The van der Waals surface area contributed by atoms with Crippen molar-refractivity contribution in [3.8, 4) is 5.75 Å². The first-order valence-electron chi connectivity index (χ1n) is 8.60. The smallest absolute Gasteiger partial charge is 0.341 e. The monoisotopic (exact) mass is 443 g/mol. The predicted molar refractivity (Wildman–Crippen MR) is 107 cm³/mol. The lowest BCUT2D eigenvalue weighted by molar-refractivity contribution is -0.139. The molecule has 0 aliphatic heterocycles. The minimum absolute atomic E-state index is 0.0258. The number of aliphatic carboxylic acids is 1. The molecule has 0 fully saturated rings. The van der Waals surface area contributed by atoms with Crippen LogP contribution < -0.4 is 4.74 Å². The van der Waals surface area contributed by atoms with E-state index in [9.17, 15) is 13.2 Å². The van der Waals surface area contributed by atoms with Crippen LogP contribution in [0.3, 0.4) is 0 Å². The molecule has 1 N–H and O–H groups in total. The zero-order valence-corrected chi connectivity index (χ0v) is 17.4. The SMILES string of the molecule is CN(C1CCCc2c(OCC(=O)O)cccc21)S(=O)(=O)c1cc(Cl)cc(Cl)c1. The Bertz CT molecular complexity index is 989. The topological polar surface area (TPSA) is 83.9 Å². The Morgan fingerprint density at radius 2 is 1.93 bits per heavy atom. The van der Waals surface area contributed by atoms with Crippen molar-refractivity contribution in [2.24, 2.45) is 0 Å². The van der Waals surface area contributed by atoms with Crippen LogP contribution in [0, 0.1) is 0 Å². The van der Waals surface area contributed by atoms with Crippen molar-refractivity contribution in [3.63, 3.8) is 0 Å². The highest BCUT2D eigenvalue weighted by molar-refractivity contribution is 7.89. The van der Waals surface area contributed by atoms with Gasteiger partial charge in [0.2, 0.25) is 10.0 Å². The third kappa shape index (κ3) is 4.27. The van der Waals surface area contributed by atoms with Crippen LogP contribution in [0.4, 0.5) is 0 Å². The molecule has 1 aliphatic carbocycles. The summed E-state index contributed by atoms with van der Waals surface area (Å²) in [4.78, 5) is 10.8. The first kappa shape index (κ1) is 20.9. The molecule has 0 radical (unpaired) electrons. The Kier molecular flexibility index (Phi) is 6.19.